The predicted octanol–water partition coefficient (Wildman–Crippen LogP) is 3.92. The molecule has 1 aromatic heterocycles. The van der Waals surface area contributed by atoms with Crippen molar-refractivity contribution in [2.75, 3.05) is 56.4 Å². The number of aliphatic hydroxyl groups excluding tert-OH is 1. The summed E-state index contributed by atoms with van der Waals surface area (Å²) in [7, 11) is 0. The number of halogens is 1. The lowest BCUT2D eigenvalue weighted by atomic mass is 10.0. The van der Waals surface area contributed by atoms with Crippen LogP contribution < -0.4 is 21.3 Å². The van der Waals surface area contributed by atoms with Crippen LogP contribution in [0, 0.1) is 5.92 Å². The maximum Gasteiger partial charge on any atom is 0.273 e. The van der Waals surface area contributed by atoms with Gasteiger partial charge in [-0.05, 0) is 57.7 Å². The van der Waals surface area contributed by atoms with Crippen LogP contribution in [0.1, 0.15) is 69.8 Å². The number of nitrogens with two attached hydrogens (primary N) is 1. The second-order valence-electron chi connectivity index (χ2n) is 10.2. The van der Waals surface area contributed by atoms with Gasteiger partial charge in [-0.1, -0.05) is 43.5 Å². The highest BCUT2D eigenvalue weighted by Crippen LogP contribution is 2.26. The topological polar surface area (TPSA) is 120 Å². The smallest absolute Gasteiger partial charge is 0.273 e. The van der Waals surface area contributed by atoms with Crippen molar-refractivity contribution in [2.24, 2.45) is 5.92 Å². The number of nitrogens with zero attached hydrogens (tertiary/aromatic N) is 4. The first-order chi connectivity index (χ1) is 17.8. The molecule has 1 aliphatic heterocycles. The van der Waals surface area contributed by atoms with Gasteiger partial charge in [-0.3, -0.25) is 9.69 Å². The average molecular weight is 534 g/mol. The molecule has 2 heterocycles. The molecule has 1 saturated heterocycles. The summed E-state index contributed by atoms with van der Waals surface area (Å²) in [4.78, 5) is 25.7. The molecule has 1 atom stereocenters. The molecule has 9 nitrogen and oxygen atoms in total. The minimum Gasteiger partial charge on any atom is -0.512 e. The first kappa shape index (κ1) is 29.2. The number of aromatic nitrogens is 2. The lowest BCUT2D eigenvalue weighted by Gasteiger charge is -2.34. The van der Waals surface area contributed by atoms with E-state index in [9.17, 15) is 9.90 Å². The summed E-state index contributed by atoms with van der Waals surface area (Å²) in [6.45, 7) is 12.1. The predicted molar refractivity (Wildman–Crippen MR) is 151 cm³/mol. The van der Waals surface area contributed by atoms with Crippen molar-refractivity contribution in [3.63, 3.8) is 0 Å². The van der Waals surface area contributed by atoms with E-state index in [1.54, 1.807) is 0 Å². The van der Waals surface area contributed by atoms with Crippen LogP contribution in [-0.4, -0.2) is 77.7 Å². The molecule has 0 spiro atoms. The fraction of sp³-hybridized carbons (Fsp3) is 0.667. The summed E-state index contributed by atoms with van der Waals surface area (Å²) >= 11 is 6.51. The Morgan fingerprint density at radius 1 is 1.27 bits per heavy atom. The number of carbonyl (C=O) groups excluding carboxylic acids is 1. The molecule has 1 amide bonds. The molecule has 0 aromatic carbocycles. The van der Waals surface area contributed by atoms with Crippen LogP contribution in [-0.2, 0) is 0 Å². The molecular weight excluding hydrogens is 490 g/mol. The van der Waals surface area contributed by atoms with Gasteiger partial charge in [0.15, 0.2) is 22.5 Å². The highest BCUT2D eigenvalue weighted by Gasteiger charge is 2.23. The van der Waals surface area contributed by atoms with Gasteiger partial charge >= 0.3 is 0 Å². The average Bonchev–Trinajstić information content (AvgIpc) is 3.09. The van der Waals surface area contributed by atoms with Crippen molar-refractivity contribution >= 4 is 29.1 Å². The van der Waals surface area contributed by atoms with E-state index >= 15 is 0 Å². The van der Waals surface area contributed by atoms with E-state index in [0.29, 0.717) is 30.1 Å². The number of piperidine rings is 1. The van der Waals surface area contributed by atoms with Crippen LogP contribution in [0.2, 0.25) is 5.15 Å². The number of anilines is 2. The highest BCUT2D eigenvalue weighted by atomic mass is 35.5. The first-order valence-electron chi connectivity index (χ1n) is 13.7. The molecule has 5 N–H and O–H groups in total. The largest absolute Gasteiger partial charge is 0.512 e. The number of allylic oxidation sites excluding steroid dienone is 3. The summed E-state index contributed by atoms with van der Waals surface area (Å²) in [5.41, 5.74) is 7.58. The summed E-state index contributed by atoms with van der Waals surface area (Å²) < 4.78 is 0. The zero-order valence-electron chi connectivity index (χ0n) is 22.6. The van der Waals surface area contributed by atoms with Crippen molar-refractivity contribution in [2.45, 2.75) is 65.3 Å². The van der Waals surface area contributed by atoms with Gasteiger partial charge in [-0.25, -0.2) is 9.97 Å². The Kier molecular flexibility index (Phi) is 11.5. The number of nitrogens with one attached hydrogen (secondary N) is 2. The van der Waals surface area contributed by atoms with Gasteiger partial charge in [0.2, 0.25) is 0 Å². The fourth-order valence-electron chi connectivity index (χ4n) is 4.82. The molecule has 0 saturated carbocycles. The third-order valence-electron chi connectivity index (χ3n) is 7.22. The molecule has 2 aliphatic rings. The number of nitrogen functional groups attached to an aromatic ring is 1. The maximum atomic E-state index is 12.2. The van der Waals surface area contributed by atoms with Crippen LogP contribution in [0.15, 0.2) is 23.5 Å². The van der Waals surface area contributed by atoms with Crippen molar-refractivity contribution < 1.29 is 9.90 Å². The third-order valence-corrected chi connectivity index (χ3v) is 7.47. The van der Waals surface area contributed by atoms with Crippen LogP contribution in [0.3, 0.4) is 0 Å². The van der Waals surface area contributed by atoms with Gasteiger partial charge in [0, 0.05) is 45.2 Å². The van der Waals surface area contributed by atoms with E-state index in [4.69, 9.17) is 17.3 Å². The summed E-state index contributed by atoms with van der Waals surface area (Å²) in [6.07, 6.45) is 10.1. The molecule has 3 rings (SSSR count). The standard InChI is InChI=1S/C27H44ClN7O2/c1-4-19(3)17-35(26-24(28)32-23(25(29)33-26)27(37)30-5-2)16-13-31-21-11-14-34(15-12-21)18-20-7-6-8-22(36)10-9-20/h9-10,19,21,31,36H,4-8,11-18H2,1-3H3,(H2,29,33)(H,30,37). The minimum absolute atomic E-state index is 0.0661. The van der Waals surface area contributed by atoms with E-state index in [2.05, 4.69) is 50.3 Å². The first-order valence-corrected chi connectivity index (χ1v) is 14.1. The third kappa shape index (κ3) is 8.86. The summed E-state index contributed by atoms with van der Waals surface area (Å²) in [6, 6.07) is 0.473. The Hall–Kier alpha value is -2.36. The van der Waals surface area contributed by atoms with Gasteiger partial charge in [-0.2, -0.15) is 0 Å². The second-order valence-corrected chi connectivity index (χ2v) is 10.6. The maximum absolute atomic E-state index is 12.2. The Balaban J connectivity index is 1.54. The normalized spacial score (nSPS) is 18.1. The number of hydrogen-bond acceptors (Lipinski definition) is 8. The van der Waals surface area contributed by atoms with Crippen molar-refractivity contribution in [3.05, 3.63) is 34.3 Å². The quantitative estimate of drug-likeness (QED) is 0.319. The number of amides is 1. The molecule has 10 heteroatoms. The zero-order valence-corrected chi connectivity index (χ0v) is 23.4. The monoisotopic (exact) mass is 533 g/mol. The second kappa shape index (κ2) is 14.5. The Bertz CT molecular complexity index is 960. The number of carbonyl (C=O) groups is 1. The molecular formula is C27H44ClN7O2. The van der Waals surface area contributed by atoms with Crippen LogP contribution in [0.4, 0.5) is 11.6 Å². The van der Waals surface area contributed by atoms with Crippen LogP contribution in [0.25, 0.3) is 0 Å². The van der Waals surface area contributed by atoms with Gasteiger partial charge in [-0.15, -0.1) is 0 Å². The van der Waals surface area contributed by atoms with Gasteiger partial charge in [0.05, 0.1) is 5.76 Å². The van der Waals surface area contributed by atoms with Crippen molar-refractivity contribution in [3.8, 4) is 0 Å². The number of likely N-dealkylation sites (tertiary alicyclic amines) is 1. The molecule has 206 valence electrons. The summed E-state index contributed by atoms with van der Waals surface area (Å²) in [5.74, 6) is 1.19. The number of hydrogen-bond donors (Lipinski definition) is 4. The molecule has 1 aromatic rings. The molecule has 37 heavy (non-hydrogen) atoms. The Morgan fingerprint density at radius 2 is 2.03 bits per heavy atom. The molecule has 0 radical (unpaired) electrons. The highest BCUT2D eigenvalue weighted by molar-refractivity contribution is 6.32. The summed E-state index contributed by atoms with van der Waals surface area (Å²) in [5, 5.41) is 16.4. The fourth-order valence-corrected chi connectivity index (χ4v) is 5.06. The van der Waals surface area contributed by atoms with Gasteiger partial charge in [0.1, 0.15) is 0 Å². The minimum atomic E-state index is -0.368. The lowest BCUT2D eigenvalue weighted by molar-refractivity contribution is 0.0951. The van der Waals surface area contributed by atoms with Crippen molar-refractivity contribution in [1.29, 1.82) is 0 Å². The molecule has 1 unspecified atom stereocenters. The van der Waals surface area contributed by atoms with Crippen LogP contribution in [0.5, 0.6) is 0 Å². The van der Waals surface area contributed by atoms with Gasteiger partial charge in [0.25, 0.3) is 5.91 Å². The Labute approximate surface area is 226 Å². The SMILES string of the molecule is CCNC(=O)c1nc(Cl)c(N(CCNC2CCN(CC3=CC=C(O)CCC3)CC2)CC(C)CC)nc1N. The lowest BCUT2D eigenvalue weighted by Crippen LogP contribution is -2.45. The molecule has 1 aliphatic carbocycles. The molecule has 1 fully saturated rings. The van der Waals surface area contributed by atoms with E-state index in [-0.39, 0.29) is 22.6 Å². The van der Waals surface area contributed by atoms with E-state index in [1.165, 1.54) is 5.57 Å². The van der Waals surface area contributed by atoms with E-state index in [0.717, 1.165) is 77.8 Å². The van der Waals surface area contributed by atoms with E-state index in [1.807, 2.05) is 13.0 Å². The van der Waals surface area contributed by atoms with Crippen LogP contribution >= 0.6 is 11.6 Å². The molecule has 0 bridgehead atoms. The van der Waals surface area contributed by atoms with E-state index < -0.39 is 0 Å². The van der Waals surface area contributed by atoms with Crippen molar-refractivity contribution in [1.82, 2.24) is 25.5 Å². The Morgan fingerprint density at radius 3 is 2.73 bits per heavy atom. The number of rotatable bonds is 12. The number of aliphatic hydroxyl groups is 1. The van der Waals surface area contributed by atoms with Gasteiger partial charge < -0.3 is 26.4 Å². The zero-order chi connectivity index (χ0) is 26.8.